The molecule has 1 fully saturated rings. The van der Waals surface area contributed by atoms with Crippen LogP contribution in [-0.4, -0.2) is 66.6 Å². The molecule has 0 spiro atoms. The summed E-state index contributed by atoms with van der Waals surface area (Å²) >= 11 is 0. The Morgan fingerprint density at radius 3 is 2.62 bits per heavy atom. The normalized spacial score (nSPS) is 21.7. The molecule has 1 aromatic rings. The molecular formula is C22H31N5O2. The van der Waals surface area contributed by atoms with E-state index < -0.39 is 0 Å². The Kier molecular flexibility index (Phi) is 5.39. The number of amides is 1. The average molecular weight is 398 g/mol. The van der Waals surface area contributed by atoms with Crippen molar-refractivity contribution in [3.63, 3.8) is 0 Å². The molecule has 0 aliphatic carbocycles. The molecule has 156 valence electrons. The van der Waals surface area contributed by atoms with Crippen LogP contribution in [0.4, 0.5) is 5.69 Å². The van der Waals surface area contributed by atoms with Crippen molar-refractivity contribution in [2.75, 3.05) is 38.8 Å². The van der Waals surface area contributed by atoms with Crippen molar-refractivity contribution >= 4 is 17.4 Å². The number of fused-ring (bicyclic) bond motifs is 1. The molecule has 29 heavy (non-hydrogen) atoms. The Morgan fingerprint density at radius 1 is 1.21 bits per heavy atom. The van der Waals surface area contributed by atoms with Crippen LogP contribution in [0.1, 0.15) is 33.1 Å². The number of nitrogens with zero attached hydrogens (tertiary/aromatic N) is 5. The minimum atomic E-state index is -0.372. The summed E-state index contributed by atoms with van der Waals surface area (Å²) in [4.78, 5) is 25.3. The smallest absolute Gasteiger partial charge is 0.272 e. The van der Waals surface area contributed by atoms with Gasteiger partial charge in [0, 0.05) is 45.5 Å². The number of rotatable bonds is 6. The van der Waals surface area contributed by atoms with Gasteiger partial charge in [-0.2, -0.15) is 0 Å². The van der Waals surface area contributed by atoms with E-state index in [0.29, 0.717) is 12.3 Å². The van der Waals surface area contributed by atoms with Crippen LogP contribution >= 0.6 is 0 Å². The quantitative estimate of drug-likeness (QED) is 0.739. The molecule has 1 amide bonds. The average Bonchev–Trinajstić information content (AvgIpc) is 3.24. The van der Waals surface area contributed by atoms with Gasteiger partial charge in [-0.15, -0.1) is 0 Å². The first-order chi connectivity index (χ1) is 13.9. The maximum absolute atomic E-state index is 12.0. The highest BCUT2D eigenvalue weighted by Gasteiger charge is 2.36. The van der Waals surface area contributed by atoms with Gasteiger partial charge in [0.25, 0.3) is 6.35 Å². The largest absolute Gasteiger partial charge is 0.450 e. The van der Waals surface area contributed by atoms with Crippen LogP contribution < -0.4 is 9.64 Å². The summed E-state index contributed by atoms with van der Waals surface area (Å²) in [6.45, 7) is 6.97. The van der Waals surface area contributed by atoms with E-state index >= 15 is 0 Å². The Morgan fingerprint density at radius 2 is 1.97 bits per heavy atom. The second-order valence-electron chi connectivity index (χ2n) is 8.53. The van der Waals surface area contributed by atoms with Gasteiger partial charge in [0.1, 0.15) is 11.4 Å². The van der Waals surface area contributed by atoms with Gasteiger partial charge in [-0.3, -0.25) is 4.79 Å². The molecule has 0 saturated carbocycles. The summed E-state index contributed by atoms with van der Waals surface area (Å²) in [5, 5.41) is 0. The molecule has 7 heteroatoms. The lowest BCUT2D eigenvalue weighted by Gasteiger charge is -2.34. The second-order valence-corrected chi connectivity index (χ2v) is 8.53. The highest BCUT2D eigenvalue weighted by molar-refractivity contribution is 5.99. The van der Waals surface area contributed by atoms with Gasteiger partial charge in [-0.1, -0.05) is 13.8 Å². The molecule has 1 atom stereocenters. The van der Waals surface area contributed by atoms with Crippen LogP contribution in [0.2, 0.25) is 0 Å². The van der Waals surface area contributed by atoms with Crippen molar-refractivity contribution < 1.29 is 9.53 Å². The van der Waals surface area contributed by atoms with E-state index in [4.69, 9.17) is 9.73 Å². The molecule has 4 rings (SSSR count). The maximum atomic E-state index is 12.0. The van der Waals surface area contributed by atoms with E-state index in [-0.39, 0.29) is 12.3 Å². The van der Waals surface area contributed by atoms with Gasteiger partial charge in [0.05, 0.1) is 6.67 Å². The van der Waals surface area contributed by atoms with Gasteiger partial charge < -0.3 is 24.3 Å². The van der Waals surface area contributed by atoms with Crippen molar-refractivity contribution in [1.82, 2.24) is 14.7 Å². The van der Waals surface area contributed by atoms with E-state index in [0.717, 1.165) is 55.6 Å². The molecular weight excluding hydrogens is 366 g/mol. The summed E-state index contributed by atoms with van der Waals surface area (Å²) in [5.74, 6) is 2.55. The number of hydrogen-bond donors (Lipinski definition) is 0. The van der Waals surface area contributed by atoms with Crippen molar-refractivity contribution in [3.05, 3.63) is 36.2 Å². The number of anilines is 1. The van der Waals surface area contributed by atoms with Crippen molar-refractivity contribution in [2.45, 2.75) is 39.5 Å². The van der Waals surface area contributed by atoms with E-state index in [1.54, 1.807) is 0 Å². The monoisotopic (exact) mass is 397 g/mol. The zero-order valence-corrected chi connectivity index (χ0v) is 17.8. The lowest BCUT2D eigenvalue weighted by molar-refractivity contribution is -0.117. The summed E-state index contributed by atoms with van der Waals surface area (Å²) in [6, 6.07) is 7.80. The summed E-state index contributed by atoms with van der Waals surface area (Å²) in [5.41, 5.74) is 2.05. The van der Waals surface area contributed by atoms with Crippen molar-refractivity contribution in [1.29, 1.82) is 0 Å². The van der Waals surface area contributed by atoms with E-state index in [1.807, 2.05) is 29.2 Å². The fraction of sp³-hybridized carbons (Fsp3) is 0.545. The molecule has 3 heterocycles. The summed E-state index contributed by atoms with van der Waals surface area (Å²) in [6.07, 6.45) is 4.43. The molecule has 0 bridgehead atoms. The van der Waals surface area contributed by atoms with Gasteiger partial charge in [0.15, 0.2) is 5.84 Å². The third-order valence-electron chi connectivity index (χ3n) is 5.59. The molecule has 7 nitrogen and oxygen atoms in total. The number of benzene rings is 1. The minimum Gasteiger partial charge on any atom is -0.450 e. The topological polar surface area (TPSA) is 51.6 Å². The van der Waals surface area contributed by atoms with Crippen LogP contribution in [0, 0.1) is 5.92 Å². The Balaban J connectivity index is 1.52. The molecule has 3 aliphatic heterocycles. The summed E-state index contributed by atoms with van der Waals surface area (Å²) < 4.78 is 6.29. The third-order valence-corrected chi connectivity index (χ3v) is 5.59. The van der Waals surface area contributed by atoms with E-state index in [1.165, 1.54) is 0 Å². The molecule has 0 aromatic heterocycles. The number of amidine groups is 1. The Bertz CT molecular complexity index is 817. The van der Waals surface area contributed by atoms with Crippen LogP contribution in [-0.2, 0) is 4.79 Å². The Hall–Kier alpha value is -2.70. The lowest BCUT2D eigenvalue weighted by Crippen LogP contribution is -2.43. The van der Waals surface area contributed by atoms with Crippen LogP contribution in [0.5, 0.6) is 5.75 Å². The number of aliphatic imine (C=N–C) groups is 1. The zero-order valence-electron chi connectivity index (χ0n) is 17.8. The van der Waals surface area contributed by atoms with Gasteiger partial charge in [-0.05, 0) is 43.0 Å². The number of hydrogen-bond acceptors (Lipinski definition) is 6. The first-order valence-electron chi connectivity index (χ1n) is 10.5. The van der Waals surface area contributed by atoms with Crippen molar-refractivity contribution in [3.8, 4) is 5.75 Å². The fourth-order valence-electron chi connectivity index (χ4n) is 4.03. The maximum Gasteiger partial charge on any atom is 0.272 e. The first-order valence-corrected chi connectivity index (χ1v) is 10.5. The molecule has 1 aromatic carbocycles. The number of ether oxygens (including phenoxy) is 1. The Labute approximate surface area is 173 Å². The second kappa shape index (κ2) is 7.97. The van der Waals surface area contributed by atoms with Crippen LogP contribution in [0.3, 0.4) is 0 Å². The van der Waals surface area contributed by atoms with Crippen LogP contribution in [0.15, 0.2) is 41.2 Å². The minimum absolute atomic E-state index is 0.198. The first kappa shape index (κ1) is 19.6. The highest BCUT2D eigenvalue weighted by Crippen LogP contribution is 2.30. The van der Waals surface area contributed by atoms with Gasteiger partial charge in [-0.25, -0.2) is 4.99 Å². The molecule has 3 aliphatic rings. The predicted molar refractivity (Wildman–Crippen MR) is 115 cm³/mol. The number of likely N-dealkylation sites (N-methyl/N-ethyl adjacent to an activating group) is 1. The van der Waals surface area contributed by atoms with E-state index in [2.05, 4.69) is 48.8 Å². The lowest BCUT2D eigenvalue weighted by atomic mass is 10.1. The van der Waals surface area contributed by atoms with E-state index in [9.17, 15) is 4.79 Å². The SMILES string of the molecule is CC(C)CCN1C2=CN(C)CN(C)C2=NC1Oc1ccc(N2CCCC2=O)cc1. The predicted octanol–water partition coefficient (Wildman–Crippen LogP) is 2.91. The number of carbonyl (C=O) groups excluding carboxylic acids is 1. The molecule has 1 saturated heterocycles. The molecule has 1 unspecified atom stereocenters. The standard InChI is InChI=1S/C22H31N5O2/c1-16(2)11-13-27-19-14-24(3)15-25(4)21(19)23-22(27)29-18-9-7-17(8-10-18)26-12-5-6-20(26)28/h7-10,14,16,22H,5-6,11-13,15H2,1-4H3. The fourth-order valence-corrected chi connectivity index (χ4v) is 4.03. The molecule has 0 N–H and O–H groups in total. The number of carbonyl (C=O) groups is 1. The van der Waals surface area contributed by atoms with Crippen molar-refractivity contribution in [2.24, 2.45) is 10.9 Å². The third kappa shape index (κ3) is 4.04. The zero-order chi connectivity index (χ0) is 20.5. The van der Waals surface area contributed by atoms with Crippen LogP contribution in [0.25, 0.3) is 0 Å². The highest BCUT2D eigenvalue weighted by atomic mass is 16.5. The summed E-state index contributed by atoms with van der Waals surface area (Å²) in [7, 11) is 4.14. The van der Waals surface area contributed by atoms with Gasteiger partial charge >= 0.3 is 0 Å². The van der Waals surface area contributed by atoms with Gasteiger partial charge in [0.2, 0.25) is 5.91 Å². The molecule has 0 radical (unpaired) electrons.